The molecule has 2 aromatic rings. The molecule has 2 saturated heterocycles. The molecule has 2 fully saturated rings. The lowest BCUT2D eigenvalue weighted by atomic mass is 10.2. The Morgan fingerprint density at radius 3 is 2.15 bits per heavy atom. The minimum Gasteiger partial charge on any atom is -0.474 e. The number of nitrogens with one attached hydrogen (secondary N) is 1. The summed E-state index contributed by atoms with van der Waals surface area (Å²) in [5, 5.41) is 0. The molecule has 4 rings (SSSR count). The molecule has 1 atom stereocenters. The Bertz CT molecular complexity index is 869. The molecule has 2 aliphatic heterocycles. The minimum atomic E-state index is -0.681. The maximum absolute atomic E-state index is 11.8. The van der Waals surface area contributed by atoms with E-state index in [0.717, 1.165) is 32.6 Å². The van der Waals surface area contributed by atoms with Crippen LogP contribution in [-0.2, 0) is 16.5 Å². The molecule has 2 aliphatic rings. The zero-order valence-electron chi connectivity index (χ0n) is 22.6. The van der Waals surface area contributed by atoms with Crippen LogP contribution in [0.4, 0.5) is 0 Å². The van der Waals surface area contributed by atoms with E-state index in [2.05, 4.69) is 24.6 Å². The molecule has 0 bridgehead atoms. The van der Waals surface area contributed by atoms with Gasteiger partial charge >= 0.3 is 11.7 Å². The molecular formula is C24H45N5O5. The van der Waals surface area contributed by atoms with Crippen LogP contribution in [0.5, 0.6) is 5.88 Å². The third-order valence-corrected chi connectivity index (χ3v) is 5.00. The van der Waals surface area contributed by atoms with Gasteiger partial charge in [0.2, 0.25) is 11.7 Å². The topological polar surface area (TPSA) is 112 Å². The molecule has 0 radical (unpaired) electrons. The third-order valence-electron chi connectivity index (χ3n) is 5.00. The van der Waals surface area contributed by atoms with Gasteiger partial charge in [-0.15, -0.1) is 0 Å². The number of aromatic nitrogens is 4. The number of H-pyrrole nitrogens is 1. The van der Waals surface area contributed by atoms with Gasteiger partial charge in [0.25, 0.3) is 0 Å². The van der Waals surface area contributed by atoms with Crippen LogP contribution in [0.15, 0.2) is 4.79 Å². The second-order valence-electron chi connectivity index (χ2n) is 6.94. The van der Waals surface area contributed by atoms with Crippen LogP contribution in [0.3, 0.4) is 0 Å². The van der Waals surface area contributed by atoms with Gasteiger partial charge in [-0.25, -0.2) is 14.6 Å². The smallest absolute Gasteiger partial charge is 0.376 e. The van der Waals surface area contributed by atoms with Gasteiger partial charge < -0.3 is 19.1 Å². The molecular weight excluding hydrogens is 438 g/mol. The molecule has 0 spiro atoms. The SMILES string of the molecule is C1CCOC1.CC.CC.CC.COC(=O)c1nc(OCC2CCCN2C)c2c(n1)[nH]c(=O)n2C. The highest BCUT2D eigenvalue weighted by atomic mass is 16.5. The number of likely N-dealkylation sites (tertiary alicyclic amines) is 1. The molecule has 1 unspecified atom stereocenters. The zero-order chi connectivity index (χ0) is 26.1. The van der Waals surface area contributed by atoms with Crippen molar-refractivity contribution in [2.75, 3.05) is 40.5 Å². The third kappa shape index (κ3) is 9.06. The monoisotopic (exact) mass is 483 g/mol. The molecule has 10 heteroatoms. The number of hydrogen-bond donors (Lipinski definition) is 1. The van der Waals surface area contributed by atoms with E-state index in [0.29, 0.717) is 12.1 Å². The number of carbonyl (C=O) groups excluding carboxylic acids is 1. The summed E-state index contributed by atoms with van der Waals surface area (Å²) < 4.78 is 16.8. The van der Waals surface area contributed by atoms with Gasteiger partial charge in [0, 0.05) is 26.3 Å². The first-order valence-electron chi connectivity index (χ1n) is 12.5. The fraction of sp³-hybridized carbons (Fsp3) is 0.750. The van der Waals surface area contributed by atoms with Crippen LogP contribution >= 0.6 is 0 Å². The first-order valence-corrected chi connectivity index (χ1v) is 12.5. The number of nitrogens with zero attached hydrogens (tertiary/aromatic N) is 4. The van der Waals surface area contributed by atoms with Gasteiger partial charge in [0.1, 0.15) is 6.61 Å². The lowest BCUT2D eigenvalue weighted by molar-refractivity contribution is 0.0585. The lowest BCUT2D eigenvalue weighted by Gasteiger charge is -2.19. The van der Waals surface area contributed by atoms with Gasteiger partial charge in [0.05, 0.1) is 7.11 Å². The summed E-state index contributed by atoms with van der Waals surface area (Å²) in [5.74, 6) is -0.618. The summed E-state index contributed by atoms with van der Waals surface area (Å²) in [6.07, 6.45) is 4.72. The van der Waals surface area contributed by atoms with Crippen molar-refractivity contribution in [1.82, 2.24) is 24.4 Å². The van der Waals surface area contributed by atoms with Gasteiger partial charge in [-0.2, -0.15) is 4.98 Å². The number of aromatic amines is 1. The van der Waals surface area contributed by atoms with E-state index in [1.807, 2.05) is 48.6 Å². The van der Waals surface area contributed by atoms with Crippen LogP contribution in [0.25, 0.3) is 11.2 Å². The molecule has 1 N–H and O–H groups in total. The number of fused-ring (bicyclic) bond motifs is 1. The van der Waals surface area contributed by atoms with Crippen molar-refractivity contribution >= 4 is 17.1 Å². The second kappa shape index (κ2) is 17.9. The first kappa shape index (κ1) is 31.5. The van der Waals surface area contributed by atoms with Crippen LogP contribution in [-0.4, -0.2) is 77.0 Å². The molecule has 0 aliphatic carbocycles. The van der Waals surface area contributed by atoms with E-state index < -0.39 is 5.97 Å². The summed E-state index contributed by atoms with van der Waals surface area (Å²) in [5.41, 5.74) is 0.338. The van der Waals surface area contributed by atoms with Crippen LogP contribution in [0.2, 0.25) is 0 Å². The second-order valence-corrected chi connectivity index (χ2v) is 6.94. The minimum absolute atomic E-state index is 0.142. The Labute approximate surface area is 204 Å². The number of esters is 1. The van der Waals surface area contributed by atoms with Gasteiger partial charge in [0.15, 0.2) is 11.2 Å². The van der Waals surface area contributed by atoms with Crippen molar-refractivity contribution in [2.24, 2.45) is 7.05 Å². The summed E-state index contributed by atoms with van der Waals surface area (Å²) in [6.45, 7) is 15.5. The fourth-order valence-corrected chi connectivity index (χ4v) is 3.27. The average molecular weight is 484 g/mol. The molecule has 4 heterocycles. The normalized spacial score (nSPS) is 16.6. The van der Waals surface area contributed by atoms with Crippen molar-refractivity contribution in [3.8, 4) is 5.88 Å². The largest absolute Gasteiger partial charge is 0.474 e. The number of ether oxygens (including phenoxy) is 3. The number of methoxy groups -OCH3 is 1. The Morgan fingerprint density at radius 2 is 1.68 bits per heavy atom. The van der Waals surface area contributed by atoms with E-state index in [1.54, 1.807) is 7.05 Å². The van der Waals surface area contributed by atoms with Crippen LogP contribution in [0, 0.1) is 0 Å². The molecule has 0 amide bonds. The quantitative estimate of drug-likeness (QED) is 0.654. The number of rotatable bonds is 4. The predicted octanol–water partition coefficient (Wildman–Crippen LogP) is 3.79. The first-order chi connectivity index (χ1) is 16.5. The van der Waals surface area contributed by atoms with E-state index >= 15 is 0 Å². The van der Waals surface area contributed by atoms with Gasteiger partial charge in [-0.1, -0.05) is 41.5 Å². The van der Waals surface area contributed by atoms with E-state index in [1.165, 1.54) is 24.5 Å². The van der Waals surface area contributed by atoms with Crippen molar-refractivity contribution in [3.05, 3.63) is 16.3 Å². The maximum Gasteiger partial charge on any atom is 0.376 e. The highest BCUT2D eigenvalue weighted by Crippen LogP contribution is 2.22. The molecule has 196 valence electrons. The van der Waals surface area contributed by atoms with Gasteiger partial charge in [-0.05, 0) is 39.3 Å². The molecule has 0 aromatic carbocycles. The van der Waals surface area contributed by atoms with Crippen LogP contribution in [0.1, 0.15) is 77.8 Å². The zero-order valence-corrected chi connectivity index (χ0v) is 22.6. The van der Waals surface area contributed by atoms with E-state index in [4.69, 9.17) is 9.47 Å². The molecule has 0 saturated carbocycles. The molecule has 34 heavy (non-hydrogen) atoms. The number of likely N-dealkylation sites (N-methyl/N-ethyl adjacent to an activating group) is 1. The summed E-state index contributed by atoms with van der Waals surface area (Å²) >= 11 is 0. The van der Waals surface area contributed by atoms with Crippen molar-refractivity contribution in [2.45, 2.75) is 73.3 Å². The molecule has 10 nitrogen and oxygen atoms in total. The highest BCUT2D eigenvalue weighted by molar-refractivity contribution is 5.88. The van der Waals surface area contributed by atoms with Crippen LogP contribution < -0.4 is 10.4 Å². The average Bonchev–Trinajstić information content (AvgIpc) is 3.65. The van der Waals surface area contributed by atoms with Crippen molar-refractivity contribution in [1.29, 1.82) is 0 Å². The number of carbonyl (C=O) groups is 1. The number of aryl methyl sites for hydroxylation is 1. The maximum atomic E-state index is 11.8. The van der Waals surface area contributed by atoms with E-state index in [9.17, 15) is 9.59 Å². The Balaban J connectivity index is 0.000000838. The Kier molecular flexibility index (Phi) is 16.6. The fourth-order valence-electron chi connectivity index (χ4n) is 3.27. The lowest BCUT2D eigenvalue weighted by Crippen LogP contribution is -2.31. The summed E-state index contributed by atoms with van der Waals surface area (Å²) in [7, 11) is 4.89. The predicted molar refractivity (Wildman–Crippen MR) is 136 cm³/mol. The standard InChI is InChI=1S/C14H19N5O4.C4H8O.3C2H6/c1-18-6-4-5-8(18)7-23-12-9-10(17-14(21)19(9)2)15-11(16-12)13(20)22-3;1-2-4-5-3-1;3*1-2/h8H,4-7H2,1-3H3,(H,15,16,17,21);1-4H2;3*1-2H3. The van der Waals surface area contributed by atoms with Crippen molar-refractivity contribution < 1.29 is 19.0 Å². The number of imidazole rings is 1. The van der Waals surface area contributed by atoms with E-state index in [-0.39, 0.29) is 29.1 Å². The Morgan fingerprint density at radius 1 is 1.06 bits per heavy atom. The molecule has 2 aromatic heterocycles. The van der Waals surface area contributed by atoms with Gasteiger partial charge in [-0.3, -0.25) is 9.55 Å². The Hall–Kier alpha value is -2.46. The number of hydrogen-bond acceptors (Lipinski definition) is 8. The summed E-state index contributed by atoms with van der Waals surface area (Å²) in [4.78, 5) is 36.5. The highest BCUT2D eigenvalue weighted by Gasteiger charge is 2.24. The summed E-state index contributed by atoms with van der Waals surface area (Å²) in [6, 6.07) is 0.289. The van der Waals surface area contributed by atoms with Crippen molar-refractivity contribution in [3.63, 3.8) is 0 Å².